The molecular weight excluding hydrogens is 98.0 g/mol. The van der Waals surface area contributed by atoms with E-state index in [2.05, 4.69) is 5.73 Å². The van der Waals surface area contributed by atoms with E-state index in [9.17, 15) is 4.79 Å². The van der Waals surface area contributed by atoms with Gasteiger partial charge in [0.25, 0.3) is 0 Å². The Hall–Kier alpha value is -0.610. The second-order valence-electron chi connectivity index (χ2n) is 0.945. The van der Waals surface area contributed by atoms with Gasteiger partial charge in [-0.25, -0.2) is 0 Å². The Bertz CT molecular complexity index is 121. The number of rotatable bonds is 2. The summed E-state index contributed by atoms with van der Waals surface area (Å²) in [6, 6.07) is -1.88. The molecule has 0 radical (unpaired) electrons. The first-order valence-corrected chi connectivity index (χ1v) is 1.56. The van der Waals surface area contributed by atoms with Gasteiger partial charge in [-0.15, -0.1) is 0 Å². The van der Waals surface area contributed by atoms with Crippen LogP contribution in [0.25, 0.3) is 0 Å². The molecule has 0 heterocycles. The van der Waals surface area contributed by atoms with Gasteiger partial charge in [-0.3, -0.25) is 4.79 Å². The summed E-state index contributed by atoms with van der Waals surface area (Å²) in [7, 11) is 0. The van der Waals surface area contributed by atoms with E-state index >= 15 is 0 Å². The number of aliphatic hydroxyl groups is 1. The zero-order valence-electron chi connectivity index (χ0n) is 5.46. The molecular formula is C3H7NO3. The van der Waals surface area contributed by atoms with Crippen molar-refractivity contribution in [3.05, 3.63) is 0 Å². The molecule has 0 saturated carbocycles. The molecule has 1 atom stereocenters. The van der Waals surface area contributed by atoms with Crippen LogP contribution in [-0.4, -0.2) is 28.8 Å². The lowest BCUT2D eigenvalue weighted by atomic mass is 10.3. The van der Waals surface area contributed by atoms with Crippen molar-refractivity contribution in [1.29, 1.82) is 0 Å². The summed E-state index contributed by atoms with van der Waals surface area (Å²) >= 11 is 0. The van der Waals surface area contributed by atoms with Crippen molar-refractivity contribution in [2.75, 3.05) is 6.56 Å². The molecule has 7 heavy (non-hydrogen) atoms. The van der Waals surface area contributed by atoms with Crippen molar-refractivity contribution < 1.29 is 17.7 Å². The number of carboxylic acid groups (broad SMARTS) is 1. The number of carboxylic acids is 1. The minimum absolute atomic E-state index is 1.57. The lowest BCUT2D eigenvalue weighted by Crippen LogP contribution is -2.33. The smallest absolute Gasteiger partial charge is 0.322 e. The molecule has 0 amide bonds. The zero-order chi connectivity index (χ0) is 7.65. The van der Waals surface area contributed by atoms with Crippen LogP contribution in [0.2, 0.25) is 0 Å². The van der Waals surface area contributed by atoms with Crippen LogP contribution in [0.1, 0.15) is 2.74 Å². The Morgan fingerprint density at radius 3 is 2.57 bits per heavy atom. The van der Waals surface area contributed by atoms with E-state index in [0.717, 1.165) is 0 Å². The number of nitrogens with two attached hydrogens (primary N) is 1. The lowest BCUT2D eigenvalue weighted by Gasteiger charge is -1.96. The molecule has 0 aliphatic heterocycles. The molecule has 0 saturated heterocycles. The summed E-state index contributed by atoms with van der Waals surface area (Å²) in [5.41, 5.74) is 4.67. The third kappa shape index (κ3) is 2.13. The highest BCUT2D eigenvalue weighted by molar-refractivity contribution is 5.73. The van der Waals surface area contributed by atoms with Crippen LogP contribution in [0, 0.1) is 0 Å². The van der Waals surface area contributed by atoms with Crippen LogP contribution < -0.4 is 5.73 Å². The van der Waals surface area contributed by atoms with E-state index in [-0.39, 0.29) is 0 Å². The molecule has 4 N–H and O–H groups in total. The summed E-state index contributed by atoms with van der Waals surface area (Å²) in [5.74, 6) is -1.57. The first-order chi connectivity index (χ1) is 3.85. The molecule has 0 spiro atoms. The third-order valence-corrected chi connectivity index (χ3v) is 0.405. The summed E-state index contributed by atoms with van der Waals surface area (Å²) in [6.07, 6.45) is 0. The second kappa shape index (κ2) is 2.54. The average molecular weight is 107 g/mol. The monoisotopic (exact) mass is 107 g/mol. The topological polar surface area (TPSA) is 83.5 Å². The normalized spacial score (nSPS) is 19.7. The van der Waals surface area contributed by atoms with Gasteiger partial charge in [0.05, 0.1) is 9.30 Å². The van der Waals surface area contributed by atoms with E-state index < -0.39 is 18.6 Å². The lowest BCUT2D eigenvalue weighted by molar-refractivity contribution is -0.139. The molecule has 0 aromatic carbocycles. The SMILES string of the molecule is [2H]C([2H])(O)[C@@H](N)C(=O)O. The third-order valence-electron chi connectivity index (χ3n) is 0.405. The molecule has 0 unspecified atom stereocenters. The van der Waals surface area contributed by atoms with Gasteiger partial charge in [0.1, 0.15) is 6.04 Å². The molecule has 0 bridgehead atoms. The van der Waals surface area contributed by atoms with Gasteiger partial charge in [0.2, 0.25) is 0 Å². The maximum atomic E-state index is 9.82. The van der Waals surface area contributed by atoms with Crippen molar-refractivity contribution in [2.24, 2.45) is 5.73 Å². The number of hydrogen-bond donors (Lipinski definition) is 3. The van der Waals surface area contributed by atoms with E-state index in [0.29, 0.717) is 0 Å². The number of hydrogen-bond acceptors (Lipinski definition) is 3. The van der Waals surface area contributed by atoms with Crippen molar-refractivity contribution in [1.82, 2.24) is 0 Å². The number of carbonyl (C=O) groups is 1. The van der Waals surface area contributed by atoms with Crippen LogP contribution in [0.4, 0.5) is 0 Å². The Balaban J connectivity index is 4.04. The number of aliphatic carboxylic acids is 1. The van der Waals surface area contributed by atoms with E-state index in [1.54, 1.807) is 0 Å². The zero-order valence-corrected chi connectivity index (χ0v) is 3.46. The predicted octanol–water partition coefficient (Wildman–Crippen LogP) is -1.61. The van der Waals surface area contributed by atoms with Crippen molar-refractivity contribution >= 4 is 5.97 Å². The predicted molar refractivity (Wildman–Crippen MR) is 22.7 cm³/mol. The maximum absolute atomic E-state index is 9.82. The molecule has 0 aliphatic rings. The van der Waals surface area contributed by atoms with Gasteiger partial charge in [0, 0.05) is 0 Å². The van der Waals surface area contributed by atoms with E-state index in [1.165, 1.54) is 0 Å². The van der Waals surface area contributed by atoms with Crippen molar-refractivity contribution in [2.45, 2.75) is 6.04 Å². The first kappa shape index (κ1) is 3.40. The second-order valence-corrected chi connectivity index (χ2v) is 0.945. The van der Waals surface area contributed by atoms with Crippen molar-refractivity contribution in [3.63, 3.8) is 0 Å². The molecule has 4 nitrogen and oxygen atoms in total. The molecule has 42 valence electrons. The summed E-state index contributed by atoms with van der Waals surface area (Å²) in [6.45, 7) is -2.84. The minimum atomic E-state index is -2.84. The van der Waals surface area contributed by atoms with Crippen molar-refractivity contribution in [3.8, 4) is 0 Å². The van der Waals surface area contributed by atoms with Crippen LogP contribution in [0.5, 0.6) is 0 Å². The molecule has 0 aliphatic carbocycles. The highest BCUT2D eigenvalue weighted by Crippen LogP contribution is 1.71. The fourth-order valence-corrected chi connectivity index (χ4v) is 0.0552. The highest BCUT2D eigenvalue weighted by Gasteiger charge is 2.06. The molecule has 0 fully saturated rings. The standard InChI is InChI=1S/C3H7NO3/c4-2(1-5)3(6)7/h2,5H,1,4H2,(H,6,7)/t2-/m1/s1/i1D2. The van der Waals surface area contributed by atoms with Gasteiger partial charge < -0.3 is 15.9 Å². The molecule has 4 heteroatoms. The van der Waals surface area contributed by atoms with Gasteiger partial charge in [0.15, 0.2) is 0 Å². The summed E-state index contributed by atoms with van der Waals surface area (Å²) in [4.78, 5) is 9.82. The molecule has 0 aromatic rings. The Morgan fingerprint density at radius 1 is 2.14 bits per heavy atom. The molecule has 0 rings (SSSR count). The van der Waals surface area contributed by atoms with Gasteiger partial charge in [-0.1, -0.05) is 0 Å². The van der Waals surface area contributed by atoms with E-state index in [1.807, 2.05) is 0 Å². The fourth-order valence-electron chi connectivity index (χ4n) is 0.0552. The highest BCUT2D eigenvalue weighted by atomic mass is 16.4. The molecule has 0 aromatic heterocycles. The maximum Gasteiger partial charge on any atom is 0.322 e. The Labute approximate surface area is 43.4 Å². The average Bonchev–Trinajstić information content (AvgIpc) is 1.62. The summed E-state index contributed by atoms with van der Waals surface area (Å²) < 4.78 is 12.8. The minimum Gasteiger partial charge on any atom is -0.480 e. The van der Waals surface area contributed by atoms with Crippen LogP contribution in [0.15, 0.2) is 0 Å². The van der Waals surface area contributed by atoms with Crippen LogP contribution in [-0.2, 0) is 4.79 Å². The first-order valence-electron chi connectivity index (χ1n) is 2.56. The Morgan fingerprint density at radius 2 is 2.57 bits per heavy atom. The van der Waals surface area contributed by atoms with Crippen LogP contribution in [0.3, 0.4) is 0 Å². The van der Waals surface area contributed by atoms with Gasteiger partial charge in [-0.05, 0) is 0 Å². The largest absolute Gasteiger partial charge is 0.480 e. The quantitative estimate of drug-likeness (QED) is 0.396. The Kier molecular flexibility index (Phi) is 1.24. The van der Waals surface area contributed by atoms with Gasteiger partial charge in [-0.2, -0.15) is 0 Å². The van der Waals surface area contributed by atoms with Crippen LogP contribution >= 0.6 is 0 Å². The van der Waals surface area contributed by atoms with E-state index in [4.69, 9.17) is 13.0 Å². The van der Waals surface area contributed by atoms with Gasteiger partial charge >= 0.3 is 5.97 Å². The summed E-state index contributed by atoms with van der Waals surface area (Å²) in [5, 5.41) is 16.3. The fraction of sp³-hybridized carbons (Fsp3) is 0.667.